The van der Waals surface area contributed by atoms with Gasteiger partial charge in [-0.05, 0) is 63.5 Å². The molecule has 2 aromatic rings. The highest BCUT2D eigenvalue weighted by atomic mass is 16.5. The largest absolute Gasteiger partial charge is 0.461 e. The van der Waals surface area contributed by atoms with Gasteiger partial charge in [-0.1, -0.05) is 31.2 Å². The Morgan fingerprint density at radius 1 is 1.21 bits per heavy atom. The Morgan fingerprint density at radius 2 is 1.91 bits per heavy atom. The van der Waals surface area contributed by atoms with Crippen molar-refractivity contribution in [2.45, 2.75) is 78.0 Å². The predicted octanol–water partition coefficient (Wildman–Crippen LogP) is 3.48. The molecule has 0 bridgehead atoms. The highest BCUT2D eigenvalue weighted by Gasteiger charge is 2.48. The van der Waals surface area contributed by atoms with E-state index in [0.29, 0.717) is 5.92 Å². The molecule has 8 nitrogen and oxygen atoms in total. The molecule has 1 aliphatic carbocycles. The number of benzene rings is 1. The SMILES string of the molecule is CCOC(=O)c1cc2n(n1)CC(C)(C(=O)NC1CCC(C)CC1)N(Cc1ccccc1C)C2=O. The van der Waals surface area contributed by atoms with Crippen LogP contribution in [0.25, 0.3) is 0 Å². The van der Waals surface area contributed by atoms with Crippen LogP contribution in [-0.4, -0.2) is 50.7 Å². The summed E-state index contributed by atoms with van der Waals surface area (Å²) >= 11 is 0. The van der Waals surface area contributed by atoms with Crippen LogP contribution in [0.15, 0.2) is 30.3 Å². The van der Waals surface area contributed by atoms with Crippen molar-refractivity contribution >= 4 is 17.8 Å². The van der Waals surface area contributed by atoms with E-state index in [-0.39, 0.29) is 48.9 Å². The topological polar surface area (TPSA) is 93.5 Å². The number of amides is 2. The Hall–Kier alpha value is -3.16. The molecular formula is C26H34N4O4. The van der Waals surface area contributed by atoms with Gasteiger partial charge in [0.1, 0.15) is 11.2 Å². The molecule has 1 N–H and O–H groups in total. The first-order valence-corrected chi connectivity index (χ1v) is 12.1. The Bertz CT molecular complexity index is 1090. The van der Waals surface area contributed by atoms with Crippen LogP contribution in [0, 0.1) is 12.8 Å². The van der Waals surface area contributed by atoms with Crippen molar-refractivity contribution in [1.82, 2.24) is 20.0 Å². The van der Waals surface area contributed by atoms with E-state index in [1.54, 1.807) is 18.7 Å². The van der Waals surface area contributed by atoms with Gasteiger partial charge < -0.3 is 15.0 Å². The lowest BCUT2D eigenvalue weighted by atomic mass is 9.86. The van der Waals surface area contributed by atoms with Crippen LogP contribution in [0.4, 0.5) is 0 Å². The van der Waals surface area contributed by atoms with Gasteiger partial charge in [0, 0.05) is 18.7 Å². The van der Waals surface area contributed by atoms with Crippen LogP contribution in [0.2, 0.25) is 0 Å². The lowest BCUT2D eigenvalue weighted by Gasteiger charge is -2.44. The van der Waals surface area contributed by atoms with Crippen LogP contribution in [0.5, 0.6) is 0 Å². The first-order valence-electron chi connectivity index (χ1n) is 12.1. The van der Waals surface area contributed by atoms with Crippen molar-refractivity contribution in [3.05, 3.63) is 52.8 Å². The second kappa shape index (κ2) is 9.60. The van der Waals surface area contributed by atoms with Crippen LogP contribution in [0.3, 0.4) is 0 Å². The third-order valence-electron chi connectivity index (χ3n) is 7.21. The molecule has 1 saturated carbocycles. The van der Waals surface area contributed by atoms with Gasteiger partial charge in [0.05, 0.1) is 13.2 Å². The van der Waals surface area contributed by atoms with E-state index in [4.69, 9.17) is 4.74 Å². The molecule has 34 heavy (non-hydrogen) atoms. The summed E-state index contributed by atoms with van der Waals surface area (Å²) < 4.78 is 6.55. The number of rotatable bonds is 6. The lowest BCUT2D eigenvalue weighted by molar-refractivity contribution is -0.134. The molecule has 0 spiro atoms. The van der Waals surface area contributed by atoms with E-state index < -0.39 is 11.5 Å². The summed E-state index contributed by atoms with van der Waals surface area (Å²) in [4.78, 5) is 41.3. The maximum absolute atomic E-state index is 13.7. The minimum Gasteiger partial charge on any atom is -0.461 e. The van der Waals surface area contributed by atoms with Crippen LogP contribution in [-0.2, 0) is 22.6 Å². The molecule has 1 aromatic carbocycles. The summed E-state index contributed by atoms with van der Waals surface area (Å²) in [7, 11) is 0. The summed E-state index contributed by atoms with van der Waals surface area (Å²) in [5, 5.41) is 7.54. The molecule has 0 radical (unpaired) electrons. The minimum atomic E-state index is -1.16. The molecule has 1 aromatic heterocycles. The van der Waals surface area contributed by atoms with Gasteiger partial charge in [-0.15, -0.1) is 0 Å². The van der Waals surface area contributed by atoms with Gasteiger partial charge in [-0.3, -0.25) is 14.3 Å². The molecule has 2 amide bonds. The van der Waals surface area contributed by atoms with Crippen molar-refractivity contribution < 1.29 is 19.1 Å². The molecule has 1 unspecified atom stereocenters. The normalized spacial score (nSPS) is 24.5. The summed E-state index contributed by atoms with van der Waals surface area (Å²) in [5.74, 6) is -0.420. The Labute approximate surface area is 200 Å². The third-order valence-corrected chi connectivity index (χ3v) is 7.21. The van der Waals surface area contributed by atoms with Gasteiger partial charge in [0.25, 0.3) is 5.91 Å². The van der Waals surface area contributed by atoms with Gasteiger partial charge in [-0.25, -0.2) is 4.79 Å². The number of esters is 1. The number of carbonyl (C=O) groups excluding carboxylic acids is 3. The highest BCUT2D eigenvalue weighted by molar-refractivity contribution is 6.01. The fraction of sp³-hybridized carbons (Fsp3) is 0.538. The smallest absolute Gasteiger partial charge is 0.358 e. The molecular weight excluding hydrogens is 432 g/mol. The second-order valence-corrected chi connectivity index (χ2v) is 9.81. The second-order valence-electron chi connectivity index (χ2n) is 9.81. The van der Waals surface area contributed by atoms with Crippen molar-refractivity contribution in [3.8, 4) is 0 Å². The van der Waals surface area contributed by atoms with E-state index in [0.717, 1.165) is 36.8 Å². The van der Waals surface area contributed by atoms with Gasteiger partial charge in [0.15, 0.2) is 5.69 Å². The number of hydrogen-bond acceptors (Lipinski definition) is 5. The highest BCUT2D eigenvalue weighted by Crippen LogP contribution is 2.31. The summed E-state index contributed by atoms with van der Waals surface area (Å²) in [5.41, 5.74) is 1.22. The molecule has 0 saturated heterocycles. The summed E-state index contributed by atoms with van der Waals surface area (Å²) in [6.45, 7) is 8.41. The molecule has 2 aliphatic rings. The lowest BCUT2D eigenvalue weighted by Crippen LogP contribution is -2.64. The molecule has 1 atom stereocenters. The molecule has 4 rings (SSSR count). The number of nitrogens with zero attached hydrogens (tertiary/aromatic N) is 3. The number of ether oxygens (including phenoxy) is 1. The van der Waals surface area contributed by atoms with Crippen molar-refractivity contribution in [1.29, 1.82) is 0 Å². The van der Waals surface area contributed by atoms with Gasteiger partial charge >= 0.3 is 5.97 Å². The number of hydrogen-bond donors (Lipinski definition) is 1. The first kappa shape index (κ1) is 24.0. The van der Waals surface area contributed by atoms with E-state index in [9.17, 15) is 14.4 Å². The van der Waals surface area contributed by atoms with Gasteiger partial charge in [-0.2, -0.15) is 5.10 Å². The van der Waals surface area contributed by atoms with E-state index in [1.165, 1.54) is 10.7 Å². The van der Waals surface area contributed by atoms with Crippen LogP contribution < -0.4 is 5.32 Å². The number of nitrogens with one attached hydrogen (secondary N) is 1. The molecule has 182 valence electrons. The molecule has 1 fully saturated rings. The number of carbonyl (C=O) groups is 3. The van der Waals surface area contributed by atoms with Gasteiger partial charge in [0.2, 0.25) is 5.91 Å². The zero-order valence-corrected chi connectivity index (χ0v) is 20.5. The van der Waals surface area contributed by atoms with Crippen LogP contribution in [0.1, 0.15) is 78.6 Å². The van der Waals surface area contributed by atoms with Crippen molar-refractivity contribution in [2.24, 2.45) is 5.92 Å². The zero-order valence-electron chi connectivity index (χ0n) is 20.5. The zero-order chi connectivity index (χ0) is 24.5. The number of aromatic nitrogens is 2. The van der Waals surface area contributed by atoms with E-state index in [2.05, 4.69) is 17.3 Å². The van der Waals surface area contributed by atoms with Crippen LogP contribution >= 0.6 is 0 Å². The molecule has 2 heterocycles. The standard InChI is InChI=1S/C26H34N4O4/c1-5-34-24(32)21-14-22-23(31)29(15-19-9-7-6-8-18(19)3)26(4,16-30(22)28-21)25(33)27-20-12-10-17(2)11-13-20/h6-9,14,17,20H,5,10-13,15-16H2,1-4H3,(H,27,33). The number of aryl methyl sites for hydroxylation is 1. The molecule has 1 aliphatic heterocycles. The maximum Gasteiger partial charge on any atom is 0.358 e. The predicted molar refractivity (Wildman–Crippen MR) is 127 cm³/mol. The summed E-state index contributed by atoms with van der Waals surface area (Å²) in [6.07, 6.45) is 4.04. The Kier molecular flexibility index (Phi) is 6.77. The average molecular weight is 467 g/mol. The van der Waals surface area contributed by atoms with E-state index in [1.807, 2.05) is 31.2 Å². The minimum absolute atomic E-state index is 0.0759. The molecule has 8 heteroatoms. The maximum atomic E-state index is 13.7. The third kappa shape index (κ3) is 4.58. The quantitative estimate of drug-likeness (QED) is 0.658. The van der Waals surface area contributed by atoms with E-state index >= 15 is 0 Å². The average Bonchev–Trinajstić information content (AvgIpc) is 3.23. The fourth-order valence-electron chi connectivity index (χ4n) is 4.90. The fourth-order valence-corrected chi connectivity index (χ4v) is 4.90. The Morgan fingerprint density at radius 3 is 2.59 bits per heavy atom. The summed E-state index contributed by atoms with van der Waals surface area (Å²) in [6, 6.07) is 9.41. The first-order chi connectivity index (χ1) is 16.2. The van der Waals surface area contributed by atoms with Crippen molar-refractivity contribution in [2.75, 3.05) is 6.61 Å². The number of fused-ring (bicyclic) bond motifs is 1. The van der Waals surface area contributed by atoms with Crippen molar-refractivity contribution in [3.63, 3.8) is 0 Å². The monoisotopic (exact) mass is 466 g/mol. The Balaban J connectivity index is 1.68.